The van der Waals surface area contributed by atoms with Crippen molar-refractivity contribution >= 4 is 30.0 Å². The molecule has 1 saturated heterocycles. The molecule has 1 aromatic heterocycles. The van der Waals surface area contributed by atoms with E-state index in [0.29, 0.717) is 22.8 Å². The molecule has 17 heteroatoms. The molecule has 4 unspecified atom stereocenters. The van der Waals surface area contributed by atoms with Gasteiger partial charge in [0.2, 0.25) is 11.8 Å². The molecule has 3 aromatic carbocycles. The summed E-state index contributed by atoms with van der Waals surface area (Å²) in [5.41, 5.74) is 1.43. The first-order chi connectivity index (χ1) is 40.9. The van der Waals surface area contributed by atoms with Crippen LogP contribution in [0, 0.1) is 46.3 Å². The number of carbonyl (C=O) groups excluding carboxylic acids is 4. The highest BCUT2D eigenvalue weighted by Gasteiger charge is 2.59. The number of nitrogens with one attached hydrogen (secondary N) is 4. The van der Waals surface area contributed by atoms with Crippen LogP contribution in [0.15, 0.2) is 112 Å². The number of aromatic amines is 1. The Kier molecular flexibility index (Phi) is 20.3. The van der Waals surface area contributed by atoms with E-state index in [1.165, 1.54) is 74.4 Å². The number of hydrogen-bond donors (Lipinski definition) is 4. The molecule has 2 heterocycles. The van der Waals surface area contributed by atoms with E-state index in [2.05, 4.69) is 61.6 Å². The Morgan fingerprint density at radius 2 is 1.49 bits per heavy atom. The lowest BCUT2D eigenvalue weighted by Gasteiger charge is -2.58. The average Bonchev–Trinajstić information content (AvgIpc) is 2.03. The Hall–Kier alpha value is -6.98. The number of esters is 1. The smallest absolute Gasteiger partial charge is 0.407 e. The summed E-state index contributed by atoms with van der Waals surface area (Å²) in [6, 6.07) is 24.6. The molecule has 458 valence electrons. The van der Waals surface area contributed by atoms with E-state index in [1.54, 1.807) is 14.2 Å². The zero-order valence-electron chi connectivity index (χ0n) is 51.0. The summed E-state index contributed by atoms with van der Waals surface area (Å²) in [6.45, 7) is 12.4. The second-order valence-electron chi connectivity index (χ2n) is 25.2. The molecule has 1 aliphatic heterocycles. The molecule has 4 N–H and O–H groups in total. The Morgan fingerprint density at radius 1 is 0.812 bits per heavy atom. The van der Waals surface area contributed by atoms with E-state index in [1.807, 2.05) is 78.9 Å². The Labute approximate surface area is 500 Å². The molecule has 9 rings (SSSR count). The maximum Gasteiger partial charge on any atom is 0.407 e. The average molecular weight is 1170 g/mol. The molecule has 85 heavy (non-hydrogen) atoms. The Balaban J connectivity index is 0.814. The minimum Gasteiger partial charge on any atom is -0.497 e. The highest BCUT2D eigenvalue weighted by molar-refractivity contribution is 5.91. The lowest BCUT2D eigenvalue weighted by atomic mass is 9.47. The molecule has 5 aliphatic rings. The summed E-state index contributed by atoms with van der Waals surface area (Å²) >= 11 is 0. The number of amides is 3. The molecule has 4 aromatic rings. The van der Waals surface area contributed by atoms with E-state index < -0.39 is 53.3 Å². The van der Waals surface area contributed by atoms with Gasteiger partial charge in [-0.3, -0.25) is 28.7 Å². The maximum absolute atomic E-state index is 13.6. The number of ether oxygens (including phenoxy) is 6. The van der Waals surface area contributed by atoms with Crippen LogP contribution in [0.1, 0.15) is 153 Å². The summed E-state index contributed by atoms with van der Waals surface area (Å²) in [5, 5.41) is 8.03. The van der Waals surface area contributed by atoms with E-state index >= 15 is 0 Å². The van der Waals surface area contributed by atoms with Crippen molar-refractivity contribution in [2.24, 2.45) is 46.3 Å². The van der Waals surface area contributed by atoms with Gasteiger partial charge < -0.3 is 44.4 Å². The molecule has 0 bridgehead atoms. The van der Waals surface area contributed by atoms with Gasteiger partial charge in [-0.15, -0.1) is 0 Å². The van der Waals surface area contributed by atoms with E-state index in [4.69, 9.17) is 28.4 Å². The van der Waals surface area contributed by atoms with Crippen LogP contribution in [0.3, 0.4) is 0 Å². The number of benzene rings is 3. The van der Waals surface area contributed by atoms with E-state index in [0.717, 1.165) is 78.0 Å². The van der Waals surface area contributed by atoms with Gasteiger partial charge in [0.1, 0.15) is 41.6 Å². The van der Waals surface area contributed by atoms with Gasteiger partial charge in [0.15, 0.2) is 0 Å². The summed E-state index contributed by atoms with van der Waals surface area (Å²) in [7, 11) is 4.65. The molecule has 4 aliphatic carbocycles. The van der Waals surface area contributed by atoms with Crippen molar-refractivity contribution < 1.29 is 47.6 Å². The second-order valence-corrected chi connectivity index (χ2v) is 25.2. The van der Waals surface area contributed by atoms with Crippen molar-refractivity contribution in [2.45, 2.75) is 155 Å². The quantitative estimate of drug-likeness (QED) is 0.0170. The van der Waals surface area contributed by atoms with Crippen LogP contribution in [0.25, 0.3) is 6.08 Å². The molecule has 17 nitrogen and oxygen atoms in total. The van der Waals surface area contributed by atoms with Gasteiger partial charge in [-0.05, 0) is 138 Å². The highest BCUT2D eigenvalue weighted by atomic mass is 16.6. The van der Waals surface area contributed by atoms with Crippen LogP contribution in [0.2, 0.25) is 0 Å². The number of nitrogens with zero attached hydrogens (tertiary/aromatic N) is 1. The molecule has 3 saturated carbocycles. The fourth-order valence-electron chi connectivity index (χ4n) is 15.3. The summed E-state index contributed by atoms with van der Waals surface area (Å²) < 4.78 is 37.9. The van der Waals surface area contributed by atoms with Crippen LogP contribution in [0.5, 0.6) is 11.5 Å². The Morgan fingerprint density at radius 3 is 2.16 bits per heavy atom. The number of carbonyl (C=O) groups is 4. The molecule has 3 amide bonds. The molecular weight excluding hydrogens is 1080 g/mol. The number of alkyl carbamates (subject to hydrolysis) is 1. The van der Waals surface area contributed by atoms with Gasteiger partial charge in [0.05, 0.1) is 32.8 Å². The number of methoxy groups -OCH3 is 2. The monoisotopic (exact) mass is 1170 g/mol. The van der Waals surface area contributed by atoms with Crippen molar-refractivity contribution in [1.29, 1.82) is 0 Å². The first-order valence-electron chi connectivity index (χ1n) is 30.9. The lowest BCUT2D eigenvalue weighted by molar-refractivity contribution is -0.156. The van der Waals surface area contributed by atoms with E-state index in [9.17, 15) is 28.8 Å². The third-order valence-corrected chi connectivity index (χ3v) is 19.9. The summed E-state index contributed by atoms with van der Waals surface area (Å²) in [4.78, 5) is 80.9. The van der Waals surface area contributed by atoms with Crippen molar-refractivity contribution in [1.82, 2.24) is 25.5 Å². The van der Waals surface area contributed by atoms with Gasteiger partial charge in [-0.1, -0.05) is 120 Å². The number of allylic oxidation sites excluding steroid dienone is 1. The van der Waals surface area contributed by atoms with Crippen molar-refractivity contribution in [2.75, 3.05) is 41.0 Å². The van der Waals surface area contributed by atoms with Crippen molar-refractivity contribution in [3.8, 4) is 11.5 Å². The summed E-state index contributed by atoms with van der Waals surface area (Å²) in [5.74, 6) is 4.27. The SMILES string of the molecule is CNC(=O)CCC(=O)OC1C[C@H](n2cc(/C=C/C(=O)NCCNC(=O)O[C@H]3CC[C@@]4(C)C(=CCC5C4CC[C@@]4(C)C5CC[C@@H]4[C@H](C)CCCC(C)C)C3)c(=O)[nH]c2=O)O[C@@H]1COC(c1ccccc1)(c1ccc(OC)cc1)c1ccc(OC)cc1. The van der Waals surface area contributed by atoms with Gasteiger partial charge in [-0.2, -0.15) is 0 Å². The largest absolute Gasteiger partial charge is 0.497 e. The lowest BCUT2D eigenvalue weighted by Crippen LogP contribution is -2.51. The maximum atomic E-state index is 13.6. The number of hydrogen-bond acceptors (Lipinski definition) is 12. The molecular formula is C68H89N5O12. The minimum absolute atomic E-state index is 0.0279. The van der Waals surface area contributed by atoms with Crippen molar-refractivity contribution in [3.05, 3.63) is 146 Å². The number of H-pyrrole nitrogens is 1. The van der Waals surface area contributed by atoms with Gasteiger partial charge in [0.25, 0.3) is 5.56 Å². The van der Waals surface area contributed by atoms with Gasteiger partial charge in [0, 0.05) is 51.7 Å². The third kappa shape index (κ3) is 14.0. The third-order valence-electron chi connectivity index (χ3n) is 19.9. The molecule has 4 fully saturated rings. The zero-order chi connectivity index (χ0) is 60.5. The van der Waals surface area contributed by atoms with Crippen LogP contribution < -0.4 is 36.7 Å². The van der Waals surface area contributed by atoms with Crippen LogP contribution in [0.4, 0.5) is 4.79 Å². The first kappa shape index (κ1) is 62.5. The standard InChI is InChI=1S/C68H89N5O12/c1-43(2)13-12-14-44(3)54-28-29-55-53-27-22-49-39-52(33-35-66(49,4)56(53)34-36-67(54,55)5)83-65(79)71-38-37-70-60(75)30-17-45-41-73(64(78)72-63(45)77)61-40-57(85-62(76)32-31-59(74)69-6)58(84-61)42-82-68(46-15-10-9-11-16-46,47-18-23-50(80-7)24-19-47)48-20-25-51(81-8)26-21-48/h9-11,15-26,30,41,43-44,52-58,61H,12-14,27-29,31-40,42H2,1-8H3,(H,69,74)(H,70,75)(H,71,79)(H,72,77,78)/b30-17+/t44-,52+,53?,54-,55?,56?,57?,58-,61-,66+,67-/m1/s1. The van der Waals surface area contributed by atoms with Crippen molar-refractivity contribution in [3.63, 3.8) is 0 Å². The van der Waals surface area contributed by atoms with Crippen LogP contribution in [-0.2, 0) is 38.9 Å². The van der Waals surface area contributed by atoms with E-state index in [-0.39, 0.29) is 61.9 Å². The topological polar surface area (TPSA) is 215 Å². The molecule has 0 spiro atoms. The molecule has 11 atom stereocenters. The zero-order valence-corrected chi connectivity index (χ0v) is 51.0. The summed E-state index contributed by atoms with van der Waals surface area (Å²) in [6.07, 6.45) is 15.1. The number of aromatic nitrogens is 2. The fraction of sp³-hybridized carbons (Fsp3) is 0.559. The molecule has 0 radical (unpaired) electrons. The van der Waals surface area contributed by atoms with Crippen LogP contribution >= 0.6 is 0 Å². The normalized spacial score (nSPS) is 26.5. The predicted molar refractivity (Wildman–Crippen MR) is 325 cm³/mol. The van der Waals surface area contributed by atoms with Gasteiger partial charge >= 0.3 is 17.8 Å². The number of fused-ring (bicyclic) bond motifs is 5. The second kappa shape index (κ2) is 27.6. The Bertz CT molecular complexity index is 3090. The first-order valence-corrected chi connectivity index (χ1v) is 30.9. The minimum atomic E-state index is -1.28. The predicted octanol–water partition coefficient (Wildman–Crippen LogP) is 10.6. The number of rotatable bonds is 24. The highest BCUT2D eigenvalue weighted by Crippen LogP contribution is 2.67. The van der Waals surface area contributed by atoms with Gasteiger partial charge in [-0.25, -0.2) is 9.59 Å². The fourth-order valence-corrected chi connectivity index (χ4v) is 15.3. The van der Waals surface area contributed by atoms with Crippen LogP contribution in [-0.4, -0.2) is 92.7 Å².